The standard InChI is InChI=1S/C8H12O5S/c1-8(2)3-5(9)7(6(10)4-8)14(11,12)13/h7H,3-4H2,1-2H3,(H,11,12,13). The fourth-order valence-corrected chi connectivity index (χ4v) is 2.53. The zero-order chi connectivity index (χ0) is 11.1. The maximum atomic E-state index is 11.3. The van der Waals surface area contributed by atoms with E-state index >= 15 is 0 Å². The zero-order valence-electron chi connectivity index (χ0n) is 7.98. The van der Waals surface area contributed by atoms with Crippen molar-refractivity contribution in [3.63, 3.8) is 0 Å². The van der Waals surface area contributed by atoms with Gasteiger partial charge >= 0.3 is 0 Å². The molecule has 0 bridgehead atoms. The summed E-state index contributed by atoms with van der Waals surface area (Å²) in [4.78, 5) is 22.6. The third-order valence-corrected chi connectivity index (χ3v) is 3.31. The lowest BCUT2D eigenvalue weighted by molar-refractivity contribution is -0.132. The van der Waals surface area contributed by atoms with Crippen LogP contribution in [0.2, 0.25) is 0 Å². The van der Waals surface area contributed by atoms with Crippen molar-refractivity contribution in [3.8, 4) is 0 Å². The van der Waals surface area contributed by atoms with Crippen LogP contribution in [0.3, 0.4) is 0 Å². The van der Waals surface area contributed by atoms with Crippen LogP contribution in [0, 0.1) is 5.41 Å². The summed E-state index contributed by atoms with van der Waals surface area (Å²) in [7, 11) is -4.57. The molecule has 1 rings (SSSR count). The molecule has 0 spiro atoms. The van der Waals surface area contributed by atoms with Gasteiger partial charge in [-0.3, -0.25) is 14.1 Å². The van der Waals surface area contributed by atoms with Crippen LogP contribution < -0.4 is 0 Å². The zero-order valence-corrected chi connectivity index (χ0v) is 8.80. The fourth-order valence-electron chi connectivity index (χ4n) is 1.70. The highest BCUT2D eigenvalue weighted by molar-refractivity contribution is 7.88. The number of rotatable bonds is 1. The monoisotopic (exact) mass is 220 g/mol. The van der Waals surface area contributed by atoms with Crippen molar-refractivity contribution >= 4 is 21.7 Å². The van der Waals surface area contributed by atoms with E-state index < -0.39 is 32.3 Å². The van der Waals surface area contributed by atoms with Crippen LogP contribution in [-0.4, -0.2) is 29.8 Å². The largest absolute Gasteiger partial charge is 0.298 e. The predicted octanol–water partition coefficient (Wildman–Crippen LogP) is 0.201. The first-order valence-electron chi connectivity index (χ1n) is 4.15. The minimum absolute atomic E-state index is 0.00317. The van der Waals surface area contributed by atoms with Crippen molar-refractivity contribution in [2.75, 3.05) is 0 Å². The molecule has 1 saturated carbocycles. The summed E-state index contributed by atoms with van der Waals surface area (Å²) < 4.78 is 30.1. The van der Waals surface area contributed by atoms with E-state index in [0.717, 1.165) is 0 Å². The Morgan fingerprint density at radius 2 is 1.57 bits per heavy atom. The van der Waals surface area contributed by atoms with E-state index in [1.54, 1.807) is 13.8 Å². The van der Waals surface area contributed by atoms with E-state index in [2.05, 4.69) is 0 Å². The van der Waals surface area contributed by atoms with Crippen molar-refractivity contribution in [2.24, 2.45) is 5.41 Å². The van der Waals surface area contributed by atoms with Crippen molar-refractivity contribution in [1.82, 2.24) is 0 Å². The first kappa shape index (κ1) is 11.3. The molecule has 0 aromatic rings. The average Bonchev–Trinajstić information content (AvgIpc) is 1.75. The number of carbonyl (C=O) groups excluding carboxylic acids is 2. The summed E-state index contributed by atoms with van der Waals surface area (Å²) in [5.41, 5.74) is -0.505. The van der Waals surface area contributed by atoms with Crippen molar-refractivity contribution in [1.29, 1.82) is 0 Å². The summed E-state index contributed by atoms with van der Waals surface area (Å²) in [5.74, 6) is -1.43. The Hall–Kier alpha value is -0.750. The van der Waals surface area contributed by atoms with E-state index in [1.165, 1.54) is 0 Å². The molecule has 0 atom stereocenters. The Kier molecular flexibility index (Phi) is 2.53. The Labute approximate surface area is 82.2 Å². The Balaban J connectivity index is 3.05. The third kappa shape index (κ3) is 2.19. The molecule has 5 nitrogen and oxygen atoms in total. The van der Waals surface area contributed by atoms with Crippen LogP contribution in [0.5, 0.6) is 0 Å². The smallest absolute Gasteiger partial charge is 0.282 e. The van der Waals surface area contributed by atoms with Gasteiger partial charge in [-0.15, -0.1) is 0 Å². The molecule has 0 aromatic heterocycles. The van der Waals surface area contributed by atoms with Gasteiger partial charge in [-0.25, -0.2) is 0 Å². The summed E-state index contributed by atoms with van der Waals surface area (Å²) in [5, 5.41) is -1.85. The van der Waals surface area contributed by atoms with Gasteiger partial charge in [0, 0.05) is 12.8 Å². The minimum atomic E-state index is -4.57. The first-order chi connectivity index (χ1) is 6.13. The molecule has 1 fully saturated rings. The maximum absolute atomic E-state index is 11.3. The van der Waals surface area contributed by atoms with Crippen LogP contribution in [0.4, 0.5) is 0 Å². The molecule has 0 saturated heterocycles. The van der Waals surface area contributed by atoms with Crippen LogP contribution in [-0.2, 0) is 19.7 Å². The second-order valence-electron chi connectivity index (χ2n) is 4.35. The van der Waals surface area contributed by atoms with E-state index in [4.69, 9.17) is 4.55 Å². The molecule has 1 aliphatic carbocycles. The molecule has 0 aliphatic heterocycles. The van der Waals surface area contributed by atoms with E-state index in [1.807, 2.05) is 0 Å². The van der Waals surface area contributed by atoms with Crippen molar-refractivity contribution in [2.45, 2.75) is 31.9 Å². The number of hydrogen-bond donors (Lipinski definition) is 1. The minimum Gasteiger partial charge on any atom is -0.298 e. The Bertz CT molecular complexity index is 359. The first-order valence-corrected chi connectivity index (χ1v) is 5.65. The lowest BCUT2D eigenvalue weighted by Crippen LogP contribution is -2.45. The second kappa shape index (κ2) is 3.13. The van der Waals surface area contributed by atoms with Crippen LogP contribution in [0.15, 0.2) is 0 Å². The molecule has 0 unspecified atom stereocenters. The van der Waals surface area contributed by atoms with Gasteiger partial charge in [-0.1, -0.05) is 13.8 Å². The lowest BCUT2D eigenvalue weighted by Gasteiger charge is -2.30. The van der Waals surface area contributed by atoms with Gasteiger partial charge < -0.3 is 0 Å². The molecule has 0 radical (unpaired) electrons. The van der Waals surface area contributed by atoms with Gasteiger partial charge in [0.15, 0.2) is 11.6 Å². The maximum Gasteiger partial charge on any atom is 0.282 e. The van der Waals surface area contributed by atoms with E-state index in [9.17, 15) is 18.0 Å². The molecule has 80 valence electrons. The normalized spacial score (nSPS) is 23.9. The van der Waals surface area contributed by atoms with Gasteiger partial charge in [0.05, 0.1) is 0 Å². The summed E-state index contributed by atoms with van der Waals surface area (Å²) in [6.07, 6.45) is 0.00634. The number of Topliss-reactive ketones (excluding diaryl/α,β-unsaturated/α-hetero) is 2. The van der Waals surface area contributed by atoms with Gasteiger partial charge in [-0.05, 0) is 5.41 Å². The van der Waals surface area contributed by atoms with Crippen LogP contribution in [0.1, 0.15) is 26.7 Å². The molecular formula is C8H12O5S. The fraction of sp³-hybridized carbons (Fsp3) is 0.750. The average molecular weight is 220 g/mol. The van der Waals surface area contributed by atoms with Gasteiger partial charge in [0.1, 0.15) is 0 Å². The van der Waals surface area contributed by atoms with Crippen molar-refractivity contribution < 1.29 is 22.6 Å². The highest BCUT2D eigenvalue weighted by atomic mass is 32.2. The number of carbonyl (C=O) groups is 2. The Morgan fingerprint density at radius 3 is 1.86 bits per heavy atom. The molecule has 6 heteroatoms. The van der Waals surface area contributed by atoms with Gasteiger partial charge in [0.2, 0.25) is 5.25 Å². The van der Waals surface area contributed by atoms with Gasteiger partial charge in [-0.2, -0.15) is 8.42 Å². The molecule has 1 N–H and O–H groups in total. The third-order valence-electron chi connectivity index (χ3n) is 2.19. The van der Waals surface area contributed by atoms with E-state index in [-0.39, 0.29) is 12.8 Å². The molecular weight excluding hydrogens is 208 g/mol. The van der Waals surface area contributed by atoms with Crippen LogP contribution in [0.25, 0.3) is 0 Å². The predicted molar refractivity (Wildman–Crippen MR) is 48.4 cm³/mol. The topological polar surface area (TPSA) is 88.5 Å². The van der Waals surface area contributed by atoms with Gasteiger partial charge in [0.25, 0.3) is 10.1 Å². The number of ketones is 2. The number of hydrogen-bond acceptors (Lipinski definition) is 4. The molecule has 0 aromatic carbocycles. The summed E-state index contributed by atoms with van der Waals surface area (Å²) in [6.45, 7) is 3.42. The SMILES string of the molecule is CC1(C)CC(=O)C(S(=O)(=O)O)C(=O)C1. The molecule has 0 amide bonds. The van der Waals surface area contributed by atoms with Crippen LogP contribution >= 0.6 is 0 Å². The molecule has 1 aliphatic rings. The second-order valence-corrected chi connectivity index (χ2v) is 5.85. The summed E-state index contributed by atoms with van der Waals surface area (Å²) >= 11 is 0. The quantitative estimate of drug-likeness (QED) is 0.503. The Morgan fingerprint density at radius 1 is 1.21 bits per heavy atom. The van der Waals surface area contributed by atoms with Crippen molar-refractivity contribution in [3.05, 3.63) is 0 Å². The molecule has 14 heavy (non-hydrogen) atoms. The van der Waals surface area contributed by atoms with E-state index in [0.29, 0.717) is 0 Å². The lowest BCUT2D eigenvalue weighted by atomic mass is 9.76. The highest BCUT2D eigenvalue weighted by Gasteiger charge is 2.46. The molecule has 0 heterocycles. The highest BCUT2D eigenvalue weighted by Crippen LogP contribution is 2.33. The summed E-state index contributed by atoms with van der Waals surface area (Å²) in [6, 6.07) is 0.